The number of nitrogens with zero attached hydrogens (tertiary/aromatic N) is 2. The molecule has 0 spiro atoms. The van der Waals surface area contributed by atoms with Gasteiger partial charge in [0.1, 0.15) is 5.78 Å². The number of benzene rings is 7. The van der Waals surface area contributed by atoms with Crippen LogP contribution in [0, 0.1) is 0 Å². The minimum absolute atomic E-state index is 0.0563. The second-order valence-electron chi connectivity index (χ2n) is 18.5. The lowest BCUT2D eigenvalue weighted by atomic mass is 9.78. The quantitative estimate of drug-likeness (QED) is 0.172. The lowest BCUT2D eigenvalue weighted by molar-refractivity contribution is -0.115. The molecule has 0 amide bonds. The number of hydrogen-bond acceptors (Lipinski definition) is 1. The fraction of sp³-hybridized carbons (Fsp3) is 0.145. The highest BCUT2D eigenvalue weighted by Crippen LogP contribution is 2.43. The maximum absolute atomic E-state index is 9.44. The summed E-state index contributed by atoms with van der Waals surface area (Å²) in [6.45, 7) is 12.3. The van der Waals surface area contributed by atoms with E-state index < -0.39 is 0 Å². The molecule has 5 nitrogen and oxygen atoms in total. The molecule has 332 valence electrons. The lowest BCUT2D eigenvalue weighted by Gasteiger charge is -2.24. The number of nitrogens with one attached hydrogen (secondary N) is 2. The average molecular weight is 875 g/mol. The first-order valence-electron chi connectivity index (χ1n) is 23.2. The molecule has 0 aliphatic heterocycles. The van der Waals surface area contributed by atoms with Gasteiger partial charge in [0.05, 0.1) is 11.0 Å². The molecule has 67 heavy (non-hydrogen) atoms. The molecule has 4 heterocycles. The van der Waals surface area contributed by atoms with E-state index in [2.05, 4.69) is 266 Å². The van der Waals surface area contributed by atoms with Gasteiger partial charge in [-0.1, -0.05) is 173 Å². The van der Waals surface area contributed by atoms with Crippen molar-refractivity contribution >= 4 is 55.5 Å². The highest BCUT2D eigenvalue weighted by molar-refractivity contribution is 5.92. The van der Waals surface area contributed by atoms with Crippen LogP contribution < -0.4 is 0 Å². The molecule has 11 aromatic rings. The van der Waals surface area contributed by atoms with Crippen molar-refractivity contribution in [1.82, 2.24) is 19.1 Å². The van der Waals surface area contributed by atoms with Gasteiger partial charge in [-0.05, 0) is 102 Å². The van der Waals surface area contributed by atoms with Crippen molar-refractivity contribution in [2.45, 2.75) is 58.8 Å². The average Bonchev–Trinajstić information content (AvgIpc) is 4.21. The van der Waals surface area contributed by atoms with E-state index in [9.17, 15) is 4.79 Å². The van der Waals surface area contributed by atoms with Crippen LogP contribution in [0.15, 0.2) is 213 Å². The number of Topliss-reactive ketones (excluding diaryl/α,β-unsaturated/α-hetero) is 1. The Labute approximate surface area is 394 Å². The van der Waals surface area contributed by atoms with Gasteiger partial charge in [0.15, 0.2) is 0 Å². The highest BCUT2D eigenvalue weighted by atomic mass is 16.1. The van der Waals surface area contributed by atoms with Gasteiger partial charge in [0, 0.05) is 79.6 Å². The monoisotopic (exact) mass is 874 g/mol. The zero-order chi connectivity index (χ0) is 46.5. The Kier molecular flexibility index (Phi) is 12.5. The molecule has 4 aromatic heterocycles. The molecule has 1 aliphatic carbocycles. The summed E-state index contributed by atoms with van der Waals surface area (Å²) in [6.07, 6.45) is 14.4. The van der Waals surface area contributed by atoms with E-state index in [1.807, 2.05) is 0 Å². The predicted octanol–water partition coefficient (Wildman–Crippen LogP) is 15.7. The maximum atomic E-state index is 9.44. The number of rotatable bonds is 6. The summed E-state index contributed by atoms with van der Waals surface area (Å²) in [7, 11) is 0. The first-order chi connectivity index (χ1) is 32.5. The van der Waals surface area contributed by atoms with Crippen LogP contribution >= 0.6 is 0 Å². The molecule has 2 N–H and O–H groups in total. The van der Waals surface area contributed by atoms with Crippen LogP contribution in [-0.4, -0.2) is 24.9 Å². The van der Waals surface area contributed by atoms with E-state index in [-0.39, 0.29) is 16.6 Å². The summed E-state index contributed by atoms with van der Waals surface area (Å²) in [4.78, 5) is 16.2. The summed E-state index contributed by atoms with van der Waals surface area (Å²) >= 11 is 0. The molecule has 0 unspecified atom stereocenters. The molecule has 5 heteroatoms. The molecular weight excluding hydrogens is 817 g/mol. The topological polar surface area (TPSA) is 58.5 Å². The number of aromatic nitrogens is 4. The Balaban J connectivity index is 0.000000139. The third-order valence-electron chi connectivity index (χ3n) is 13.1. The van der Waals surface area contributed by atoms with Crippen molar-refractivity contribution in [3.63, 3.8) is 0 Å². The highest BCUT2D eigenvalue weighted by Gasteiger charge is 2.31. The van der Waals surface area contributed by atoms with Crippen molar-refractivity contribution in [2.24, 2.45) is 0 Å². The molecule has 0 bridgehead atoms. The Morgan fingerprint density at radius 2 is 0.821 bits per heavy atom. The van der Waals surface area contributed by atoms with Crippen molar-refractivity contribution < 1.29 is 4.79 Å². The van der Waals surface area contributed by atoms with E-state index in [0.717, 1.165) is 6.42 Å². The Morgan fingerprint density at radius 3 is 1.28 bits per heavy atom. The van der Waals surface area contributed by atoms with Crippen LogP contribution in [0.25, 0.3) is 61.1 Å². The number of H-pyrrole nitrogens is 2. The molecule has 0 saturated heterocycles. The van der Waals surface area contributed by atoms with E-state index >= 15 is 0 Å². The fourth-order valence-electron chi connectivity index (χ4n) is 9.62. The number of carbonyl (C=O) groups excluding carboxylic acids is 1. The number of carbonyl (C=O) groups is 1. The van der Waals surface area contributed by atoms with E-state index in [0.29, 0.717) is 0 Å². The minimum atomic E-state index is -0.195. The van der Waals surface area contributed by atoms with E-state index in [1.54, 1.807) is 0 Å². The number of hydrogen-bond donors (Lipinski definition) is 2. The number of aromatic amines is 2. The molecular formula is C62H58N4O. The number of ketones is 1. The second-order valence-corrected chi connectivity index (χ2v) is 18.5. The lowest BCUT2D eigenvalue weighted by Crippen LogP contribution is -2.18. The van der Waals surface area contributed by atoms with Gasteiger partial charge in [-0.15, -0.1) is 0 Å². The number of para-hydroxylation sites is 6. The van der Waals surface area contributed by atoms with Crippen LogP contribution in [0.3, 0.4) is 0 Å². The van der Waals surface area contributed by atoms with Gasteiger partial charge in [0.2, 0.25) is 0 Å². The van der Waals surface area contributed by atoms with Crippen LogP contribution in [0.4, 0.5) is 0 Å². The van der Waals surface area contributed by atoms with E-state index in [4.69, 9.17) is 0 Å². The molecule has 12 rings (SSSR count). The van der Waals surface area contributed by atoms with Gasteiger partial charge in [-0.25, -0.2) is 0 Å². The number of allylic oxidation sites excluding steroid dienone is 1. The van der Waals surface area contributed by atoms with Gasteiger partial charge in [0.25, 0.3) is 0 Å². The molecule has 7 aromatic carbocycles. The SMILES string of the molecule is C1=Cc2ccccc2C1.CC(C)(c1c[nH]c2ccccc12)c1c[nH]c2ccccc12.CC(C)(c1cn(-c2ccccc2)c2ccccc12)c1cn(-c2ccccc2)c2ccccc12.CC(C)=O. The predicted molar refractivity (Wildman–Crippen MR) is 283 cm³/mol. The van der Waals surface area contributed by atoms with Crippen LogP contribution in [0.1, 0.15) is 74.9 Å². The zero-order valence-electron chi connectivity index (χ0n) is 39.3. The van der Waals surface area contributed by atoms with Crippen molar-refractivity contribution in [2.75, 3.05) is 0 Å². The summed E-state index contributed by atoms with van der Waals surface area (Å²) in [5.41, 5.74) is 15.2. The normalized spacial score (nSPS) is 12.0. The van der Waals surface area contributed by atoms with Crippen LogP contribution in [0.2, 0.25) is 0 Å². The smallest absolute Gasteiger partial charge is 0.126 e. The summed E-state index contributed by atoms with van der Waals surface area (Å²) in [5, 5.41) is 5.19. The van der Waals surface area contributed by atoms with Crippen molar-refractivity contribution in [1.29, 1.82) is 0 Å². The second kappa shape index (κ2) is 18.9. The largest absolute Gasteiger partial charge is 0.361 e. The molecule has 0 radical (unpaired) electrons. The fourth-order valence-corrected chi connectivity index (χ4v) is 9.62. The molecule has 0 atom stereocenters. The van der Waals surface area contributed by atoms with Gasteiger partial charge < -0.3 is 23.9 Å². The van der Waals surface area contributed by atoms with Gasteiger partial charge in [-0.2, -0.15) is 0 Å². The summed E-state index contributed by atoms with van der Waals surface area (Å²) < 4.78 is 4.64. The van der Waals surface area contributed by atoms with Gasteiger partial charge in [-0.3, -0.25) is 0 Å². The standard InChI is InChI=1S/C31H26N2.C19H18N2.C9H8.C3H6O/c1-31(2,27-21-32(23-13-5-3-6-14-23)29-19-11-9-17-25(27)29)28-22-33(24-15-7-4-8-16-24)30-20-12-10-18-26(28)30;1-19(2,15-11-20-17-9-5-3-7-13(15)17)16-12-21-18-10-6-4-8-14(16)18;1-2-5-9-7-3-6-8(9)4-1;1-3(2)4/h3-22H,1-2H3;3-12,20-21H,1-2H3;1-6H,7H2;1-2H3. The third kappa shape index (κ3) is 8.93. The first-order valence-corrected chi connectivity index (χ1v) is 23.2. The number of fused-ring (bicyclic) bond motifs is 5. The van der Waals surface area contributed by atoms with Crippen LogP contribution in [-0.2, 0) is 22.0 Å². The zero-order valence-corrected chi connectivity index (χ0v) is 39.3. The maximum Gasteiger partial charge on any atom is 0.126 e. The van der Waals surface area contributed by atoms with E-state index in [1.165, 1.54) is 102 Å². The summed E-state index contributed by atoms with van der Waals surface area (Å²) in [5.74, 6) is 0.167. The van der Waals surface area contributed by atoms with Crippen LogP contribution in [0.5, 0.6) is 0 Å². The van der Waals surface area contributed by atoms with Gasteiger partial charge >= 0.3 is 0 Å². The minimum Gasteiger partial charge on any atom is -0.361 e. The first kappa shape index (κ1) is 44.3. The Morgan fingerprint density at radius 1 is 0.448 bits per heavy atom. The summed E-state index contributed by atoms with van der Waals surface area (Å²) in [6, 6.07) is 64.2. The van der Waals surface area contributed by atoms with Crippen molar-refractivity contribution in [3.05, 3.63) is 246 Å². The van der Waals surface area contributed by atoms with Crippen molar-refractivity contribution in [3.8, 4) is 11.4 Å². The molecule has 1 aliphatic rings. The molecule has 0 fully saturated rings. The Bertz CT molecular complexity index is 3280. The molecule has 0 saturated carbocycles. The third-order valence-corrected chi connectivity index (χ3v) is 13.1. The Hall–Kier alpha value is -7.89.